The molecule has 6 nitrogen and oxygen atoms in total. The van der Waals surface area contributed by atoms with Crippen molar-refractivity contribution in [2.45, 2.75) is 12.8 Å². The van der Waals surface area contributed by atoms with Crippen LogP contribution in [-0.2, 0) is 11.8 Å². The molecule has 0 spiro atoms. The molecule has 21 heavy (non-hydrogen) atoms. The zero-order valence-electron chi connectivity index (χ0n) is 12.2. The Kier molecular flexibility index (Phi) is 3.70. The average molecular weight is 285 g/mol. The number of aromatic nitrogens is 3. The summed E-state index contributed by atoms with van der Waals surface area (Å²) in [6.07, 6.45) is 7.26. The van der Waals surface area contributed by atoms with Gasteiger partial charge in [-0.1, -0.05) is 0 Å². The van der Waals surface area contributed by atoms with Gasteiger partial charge in [0.15, 0.2) is 0 Å². The van der Waals surface area contributed by atoms with E-state index in [2.05, 4.69) is 20.7 Å². The van der Waals surface area contributed by atoms with E-state index in [9.17, 15) is 4.79 Å². The van der Waals surface area contributed by atoms with E-state index in [0.717, 1.165) is 23.4 Å². The van der Waals surface area contributed by atoms with Gasteiger partial charge in [0.05, 0.1) is 12.1 Å². The van der Waals surface area contributed by atoms with E-state index in [1.807, 2.05) is 32.4 Å². The summed E-state index contributed by atoms with van der Waals surface area (Å²) in [5, 5.41) is 10.5. The largest absolute Gasteiger partial charge is 0.325 e. The molecule has 0 saturated carbocycles. The van der Waals surface area contributed by atoms with E-state index in [1.165, 1.54) is 0 Å². The molecule has 0 unspecified atom stereocenters. The minimum absolute atomic E-state index is 0.0446. The predicted molar refractivity (Wildman–Crippen MR) is 79.9 cm³/mol. The van der Waals surface area contributed by atoms with Gasteiger partial charge in [0.25, 0.3) is 0 Å². The van der Waals surface area contributed by atoms with Gasteiger partial charge in [0.1, 0.15) is 0 Å². The number of nitrogens with zero attached hydrogens (tertiary/aromatic N) is 3. The Bertz CT molecular complexity index is 651. The fourth-order valence-electron chi connectivity index (χ4n) is 2.78. The van der Waals surface area contributed by atoms with Crippen LogP contribution in [-0.4, -0.2) is 33.8 Å². The van der Waals surface area contributed by atoms with Crippen LogP contribution in [0.3, 0.4) is 0 Å². The molecule has 0 aliphatic carbocycles. The van der Waals surface area contributed by atoms with Crippen molar-refractivity contribution in [2.75, 3.05) is 18.4 Å². The van der Waals surface area contributed by atoms with Crippen molar-refractivity contribution >= 4 is 11.6 Å². The first-order chi connectivity index (χ1) is 10.1. The molecule has 110 valence electrons. The summed E-state index contributed by atoms with van der Waals surface area (Å²) in [7, 11) is 1.89. The first-order valence-corrected chi connectivity index (χ1v) is 7.06. The standard InChI is InChI=1S/C15H19N5O/c1-10-5-16-4-3-14(10)19-15(21)13-8-17-7-12(13)11-6-18-20(2)9-11/h3-6,9,12-13,17H,7-8H2,1-2H3,(H,16,19,21)/t12-,13+/m1/s1. The highest BCUT2D eigenvalue weighted by Gasteiger charge is 2.34. The molecule has 0 radical (unpaired) electrons. The second-order valence-corrected chi connectivity index (χ2v) is 5.50. The Hall–Kier alpha value is -2.21. The van der Waals surface area contributed by atoms with Gasteiger partial charge in [-0.05, 0) is 24.1 Å². The Balaban J connectivity index is 1.76. The van der Waals surface area contributed by atoms with Crippen LogP contribution in [0, 0.1) is 12.8 Å². The molecule has 3 heterocycles. The van der Waals surface area contributed by atoms with E-state index < -0.39 is 0 Å². The fourth-order valence-corrected chi connectivity index (χ4v) is 2.78. The third-order valence-electron chi connectivity index (χ3n) is 3.98. The van der Waals surface area contributed by atoms with Crippen molar-refractivity contribution in [3.05, 3.63) is 42.0 Å². The molecule has 6 heteroatoms. The maximum absolute atomic E-state index is 12.6. The van der Waals surface area contributed by atoms with Gasteiger partial charge in [-0.15, -0.1) is 0 Å². The molecule has 0 aromatic carbocycles. The van der Waals surface area contributed by atoms with Gasteiger partial charge in [-0.25, -0.2) is 0 Å². The van der Waals surface area contributed by atoms with Gasteiger partial charge < -0.3 is 10.6 Å². The molecule has 1 aliphatic heterocycles. The number of anilines is 1. The SMILES string of the molecule is Cc1cnccc1NC(=O)[C@H]1CNC[C@@H]1c1cnn(C)c1. The van der Waals surface area contributed by atoms with Crippen LogP contribution in [0.15, 0.2) is 30.9 Å². The van der Waals surface area contributed by atoms with Gasteiger partial charge in [-0.3, -0.25) is 14.5 Å². The molecule has 1 amide bonds. The summed E-state index contributed by atoms with van der Waals surface area (Å²) in [5.74, 6) is 0.130. The summed E-state index contributed by atoms with van der Waals surface area (Å²) < 4.78 is 1.77. The number of pyridine rings is 1. The highest BCUT2D eigenvalue weighted by atomic mass is 16.2. The first kappa shape index (κ1) is 13.8. The maximum atomic E-state index is 12.6. The minimum atomic E-state index is -0.0817. The van der Waals surface area contributed by atoms with Gasteiger partial charge >= 0.3 is 0 Å². The monoisotopic (exact) mass is 285 g/mol. The molecular weight excluding hydrogens is 266 g/mol. The Labute approximate surface area is 123 Å². The number of rotatable bonds is 3. The van der Waals surface area contributed by atoms with Crippen LogP contribution in [0.2, 0.25) is 0 Å². The minimum Gasteiger partial charge on any atom is -0.325 e. The van der Waals surface area contributed by atoms with Crippen molar-refractivity contribution in [2.24, 2.45) is 13.0 Å². The van der Waals surface area contributed by atoms with Gasteiger partial charge in [0, 0.05) is 50.3 Å². The number of carbonyl (C=O) groups is 1. The molecule has 2 N–H and O–H groups in total. The number of nitrogens with one attached hydrogen (secondary N) is 2. The number of hydrogen-bond acceptors (Lipinski definition) is 4. The normalized spacial score (nSPS) is 21.4. The summed E-state index contributed by atoms with van der Waals surface area (Å²) in [6.45, 7) is 3.43. The van der Waals surface area contributed by atoms with Crippen LogP contribution in [0.25, 0.3) is 0 Å². The van der Waals surface area contributed by atoms with Gasteiger partial charge in [0.2, 0.25) is 5.91 Å². The van der Waals surface area contributed by atoms with Crippen molar-refractivity contribution < 1.29 is 4.79 Å². The number of hydrogen-bond donors (Lipinski definition) is 2. The van der Waals surface area contributed by atoms with Crippen LogP contribution in [0.4, 0.5) is 5.69 Å². The second-order valence-electron chi connectivity index (χ2n) is 5.50. The van der Waals surface area contributed by atoms with Crippen LogP contribution >= 0.6 is 0 Å². The lowest BCUT2D eigenvalue weighted by Crippen LogP contribution is -2.28. The molecular formula is C15H19N5O. The highest BCUT2D eigenvalue weighted by molar-refractivity contribution is 5.94. The Morgan fingerprint density at radius 1 is 1.43 bits per heavy atom. The van der Waals surface area contributed by atoms with Crippen molar-refractivity contribution in [1.82, 2.24) is 20.1 Å². The zero-order chi connectivity index (χ0) is 14.8. The van der Waals surface area contributed by atoms with E-state index in [4.69, 9.17) is 0 Å². The third kappa shape index (κ3) is 2.80. The molecule has 2 aromatic rings. The summed E-state index contributed by atoms with van der Waals surface area (Å²) in [5.41, 5.74) is 2.90. The predicted octanol–water partition coefficient (Wildman–Crippen LogP) is 1.07. The molecule has 1 saturated heterocycles. The zero-order valence-corrected chi connectivity index (χ0v) is 12.2. The van der Waals surface area contributed by atoms with Crippen molar-refractivity contribution in [3.8, 4) is 0 Å². The molecule has 2 atom stereocenters. The lowest BCUT2D eigenvalue weighted by Gasteiger charge is -2.17. The molecule has 1 fully saturated rings. The Morgan fingerprint density at radius 3 is 3.00 bits per heavy atom. The summed E-state index contributed by atoms with van der Waals surface area (Å²) in [6, 6.07) is 1.83. The quantitative estimate of drug-likeness (QED) is 0.884. The average Bonchev–Trinajstić information content (AvgIpc) is 3.09. The maximum Gasteiger partial charge on any atom is 0.229 e. The summed E-state index contributed by atoms with van der Waals surface area (Å²) in [4.78, 5) is 16.6. The van der Waals surface area contributed by atoms with E-state index in [1.54, 1.807) is 17.1 Å². The van der Waals surface area contributed by atoms with Crippen LogP contribution in [0.5, 0.6) is 0 Å². The second kappa shape index (κ2) is 5.65. The Morgan fingerprint density at radius 2 is 2.29 bits per heavy atom. The topological polar surface area (TPSA) is 71.8 Å². The molecule has 2 aromatic heterocycles. The molecule has 1 aliphatic rings. The number of aryl methyl sites for hydroxylation is 2. The van der Waals surface area contributed by atoms with Crippen LogP contribution in [0.1, 0.15) is 17.0 Å². The third-order valence-corrected chi connectivity index (χ3v) is 3.98. The molecule has 3 rings (SSSR count). The van der Waals surface area contributed by atoms with Crippen molar-refractivity contribution in [1.29, 1.82) is 0 Å². The van der Waals surface area contributed by atoms with Gasteiger partial charge in [-0.2, -0.15) is 5.10 Å². The lowest BCUT2D eigenvalue weighted by atomic mass is 9.90. The van der Waals surface area contributed by atoms with E-state index in [-0.39, 0.29) is 17.7 Å². The number of carbonyl (C=O) groups excluding carboxylic acids is 1. The summed E-state index contributed by atoms with van der Waals surface area (Å²) >= 11 is 0. The highest BCUT2D eigenvalue weighted by Crippen LogP contribution is 2.29. The lowest BCUT2D eigenvalue weighted by molar-refractivity contribution is -0.119. The molecule has 0 bridgehead atoms. The number of amides is 1. The van der Waals surface area contributed by atoms with Crippen molar-refractivity contribution in [3.63, 3.8) is 0 Å². The smallest absolute Gasteiger partial charge is 0.229 e. The first-order valence-electron chi connectivity index (χ1n) is 7.06. The van der Waals surface area contributed by atoms with Crippen LogP contribution < -0.4 is 10.6 Å². The van der Waals surface area contributed by atoms with E-state index >= 15 is 0 Å². The fraction of sp³-hybridized carbons (Fsp3) is 0.400. The van der Waals surface area contributed by atoms with E-state index in [0.29, 0.717) is 6.54 Å².